The number of methoxy groups -OCH3 is 1. The van der Waals surface area contributed by atoms with Crippen LogP contribution in [0.5, 0.6) is 17.2 Å². The molecule has 3 aromatic rings. The zero-order chi connectivity index (χ0) is 24.5. The van der Waals surface area contributed by atoms with Crippen molar-refractivity contribution < 1.29 is 24.1 Å². The van der Waals surface area contributed by atoms with Crippen molar-refractivity contribution in [3.05, 3.63) is 77.9 Å². The van der Waals surface area contributed by atoms with Gasteiger partial charge in [-0.25, -0.2) is 0 Å². The van der Waals surface area contributed by atoms with Gasteiger partial charge in [-0.3, -0.25) is 4.79 Å². The molecule has 0 fully saturated rings. The Balaban J connectivity index is 1.77. The van der Waals surface area contributed by atoms with E-state index in [0.29, 0.717) is 13.2 Å². The maximum Gasteiger partial charge on any atom is 0.306 e. The van der Waals surface area contributed by atoms with Crippen molar-refractivity contribution >= 4 is 5.97 Å². The maximum absolute atomic E-state index is 11.3. The Morgan fingerprint density at radius 1 is 0.941 bits per heavy atom. The molecule has 0 aliphatic carbocycles. The van der Waals surface area contributed by atoms with Gasteiger partial charge in [0.2, 0.25) is 0 Å². The van der Waals surface area contributed by atoms with Crippen molar-refractivity contribution in [1.29, 1.82) is 0 Å². The lowest BCUT2D eigenvalue weighted by Crippen LogP contribution is -2.16. The van der Waals surface area contributed by atoms with Gasteiger partial charge < -0.3 is 19.3 Å². The van der Waals surface area contributed by atoms with Gasteiger partial charge in [0.1, 0.15) is 23.9 Å². The van der Waals surface area contributed by atoms with E-state index < -0.39 is 11.9 Å². The third-order valence-electron chi connectivity index (χ3n) is 6.13. The molecule has 180 valence electrons. The minimum atomic E-state index is -0.800. The number of rotatable bonds is 12. The molecule has 0 radical (unpaired) electrons. The molecule has 0 saturated carbocycles. The zero-order valence-electron chi connectivity index (χ0n) is 20.4. The van der Waals surface area contributed by atoms with Crippen molar-refractivity contribution in [3.8, 4) is 28.4 Å². The molecule has 0 aliphatic rings. The Labute approximate surface area is 202 Å². The van der Waals surface area contributed by atoms with Crippen molar-refractivity contribution in [2.45, 2.75) is 46.1 Å². The van der Waals surface area contributed by atoms with Crippen molar-refractivity contribution in [1.82, 2.24) is 0 Å². The predicted molar refractivity (Wildman–Crippen MR) is 135 cm³/mol. The summed E-state index contributed by atoms with van der Waals surface area (Å²) in [6.45, 7) is 6.84. The molecule has 0 saturated heterocycles. The summed E-state index contributed by atoms with van der Waals surface area (Å²) in [5, 5.41) is 9.32. The second-order valence-corrected chi connectivity index (χ2v) is 8.54. The quantitative estimate of drug-likeness (QED) is 0.295. The van der Waals surface area contributed by atoms with Gasteiger partial charge in [-0.05, 0) is 59.4 Å². The highest BCUT2D eigenvalue weighted by molar-refractivity contribution is 5.72. The molecule has 1 unspecified atom stereocenters. The van der Waals surface area contributed by atoms with Crippen LogP contribution < -0.4 is 14.2 Å². The van der Waals surface area contributed by atoms with E-state index in [1.165, 1.54) is 0 Å². The van der Waals surface area contributed by atoms with E-state index in [4.69, 9.17) is 14.2 Å². The largest absolute Gasteiger partial charge is 0.497 e. The highest BCUT2D eigenvalue weighted by Crippen LogP contribution is 2.33. The highest BCUT2D eigenvalue weighted by atomic mass is 16.5. The lowest BCUT2D eigenvalue weighted by Gasteiger charge is -2.18. The van der Waals surface area contributed by atoms with Gasteiger partial charge >= 0.3 is 5.97 Å². The SMILES string of the molecule is CCCCOc1cc(COc2cccc([C@@H](C)C(C)C(=O)O)c2)ccc1-c1ccc(OC)cc1. The van der Waals surface area contributed by atoms with E-state index in [1.807, 2.05) is 67.6 Å². The number of carboxylic acids is 1. The van der Waals surface area contributed by atoms with Crippen LogP contribution in [0.15, 0.2) is 66.7 Å². The third kappa shape index (κ3) is 6.53. The summed E-state index contributed by atoms with van der Waals surface area (Å²) in [5.74, 6) is 0.988. The number of benzene rings is 3. The number of carbonyl (C=O) groups is 1. The van der Waals surface area contributed by atoms with Gasteiger partial charge in [0.25, 0.3) is 0 Å². The second kappa shape index (κ2) is 12.1. The van der Waals surface area contributed by atoms with Crippen molar-refractivity contribution in [2.24, 2.45) is 5.92 Å². The second-order valence-electron chi connectivity index (χ2n) is 8.54. The first kappa shape index (κ1) is 25.2. The molecule has 34 heavy (non-hydrogen) atoms. The van der Waals surface area contributed by atoms with Gasteiger partial charge in [-0.1, -0.05) is 63.6 Å². The van der Waals surface area contributed by atoms with Gasteiger partial charge in [0.15, 0.2) is 0 Å². The van der Waals surface area contributed by atoms with Crippen LogP contribution in [0.1, 0.15) is 50.7 Å². The standard InChI is InChI=1S/C29H34O5/c1-5-6-16-33-28-17-22(10-15-27(28)23-11-13-25(32-4)14-12-23)19-34-26-9-7-8-24(18-26)20(2)21(3)29(30)31/h7-15,17-18,20-21H,5-6,16,19H2,1-4H3,(H,30,31)/t20-,21?/m0/s1. The molecular formula is C29H34O5. The molecule has 5 nitrogen and oxygen atoms in total. The Morgan fingerprint density at radius 3 is 2.38 bits per heavy atom. The Kier molecular flexibility index (Phi) is 8.97. The Hall–Kier alpha value is -3.47. The molecule has 0 bridgehead atoms. The molecule has 1 N–H and O–H groups in total. The fourth-order valence-corrected chi connectivity index (χ4v) is 3.67. The van der Waals surface area contributed by atoms with Gasteiger partial charge in [0.05, 0.1) is 19.6 Å². The van der Waals surface area contributed by atoms with E-state index in [1.54, 1.807) is 14.0 Å². The summed E-state index contributed by atoms with van der Waals surface area (Å²) >= 11 is 0. The number of unbranched alkanes of at least 4 members (excludes halogenated alkanes) is 1. The molecule has 0 aromatic heterocycles. The first-order chi connectivity index (χ1) is 16.4. The number of hydrogen-bond acceptors (Lipinski definition) is 4. The summed E-state index contributed by atoms with van der Waals surface area (Å²) in [6, 6.07) is 21.8. The minimum Gasteiger partial charge on any atom is -0.497 e. The summed E-state index contributed by atoms with van der Waals surface area (Å²) in [5.41, 5.74) is 4.04. The zero-order valence-corrected chi connectivity index (χ0v) is 20.4. The first-order valence-electron chi connectivity index (χ1n) is 11.8. The molecule has 5 heteroatoms. The average Bonchev–Trinajstić information content (AvgIpc) is 2.87. The van der Waals surface area contributed by atoms with E-state index in [2.05, 4.69) is 13.0 Å². The normalized spacial score (nSPS) is 12.6. The van der Waals surface area contributed by atoms with Crippen LogP contribution in [0, 0.1) is 5.92 Å². The first-order valence-corrected chi connectivity index (χ1v) is 11.8. The summed E-state index contributed by atoms with van der Waals surface area (Å²) in [4.78, 5) is 11.3. The van der Waals surface area contributed by atoms with Crippen LogP contribution in [0.2, 0.25) is 0 Å². The number of ether oxygens (including phenoxy) is 3. The monoisotopic (exact) mass is 462 g/mol. The number of hydrogen-bond donors (Lipinski definition) is 1. The van der Waals surface area contributed by atoms with Gasteiger partial charge in [0, 0.05) is 5.56 Å². The molecule has 2 atom stereocenters. The molecule has 3 rings (SSSR count). The van der Waals surface area contributed by atoms with Crippen molar-refractivity contribution in [3.63, 3.8) is 0 Å². The van der Waals surface area contributed by atoms with Crippen LogP contribution in [0.3, 0.4) is 0 Å². The maximum atomic E-state index is 11.3. The lowest BCUT2D eigenvalue weighted by atomic mass is 9.89. The smallest absolute Gasteiger partial charge is 0.306 e. The molecule has 0 heterocycles. The lowest BCUT2D eigenvalue weighted by molar-refractivity contribution is -0.141. The van der Waals surface area contributed by atoms with Gasteiger partial charge in [-0.15, -0.1) is 0 Å². The molecule has 0 aliphatic heterocycles. The van der Waals surface area contributed by atoms with Crippen molar-refractivity contribution in [2.75, 3.05) is 13.7 Å². The minimum absolute atomic E-state index is 0.108. The summed E-state index contributed by atoms with van der Waals surface area (Å²) in [6.07, 6.45) is 2.05. The molecule has 0 spiro atoms. The van der Waals surface area contributed by atoms with Crippen LogP contribution in [0.4, 0.5) is 0 Å². The fourth-order valence-electron chi connectivity index (χ4n) is 3.67. The molecule has 0 amide bonds. The van der Waals surface area contributed by atoms with E-state index in [-0.39, 0.29) is 5.92 Å². The van der Waals surface area contributed by atoms with Crippen LogP contribution in [0.25, 0.3) is 11.1 Å². The Morgan fingerprint density at radius 2 is 1.71 bits per heavy atom. The predicted octanol–water partition coefficient (Wildman–Crippen LogP) is 6.94. The van der Waals surface area contributed by atoms with E-state index in [0.717, 1.165) is 52.3 Å². The average molecular weight is 463 g/mol. The summed E-state index contributed by atoms with van der Waals surface area (Å²) < 4.78 is 17.5. The highest BCUT2D eigenvalue weighted by Gasteiger charge is 2.21. The molecule has 3 aromatic carbocycles. The van der Waals surface area contributed by atoms with E-state index in [9.17, 15) is 9.90 Å². The van der Waals surface area contributed by atoms with Crippen LogP contribution in [-0.4, -0.2) is 24.8 Å². The summed E-state index contributed by atoms with van der Waals surface area (Å²) in [7, 11) is 1.66. The third-order valence-corrected chi connectivity index (χ3v) is 6.13. The van der Waals surface area contributed by atoms with Gasteiger partial charge in [-0.2, -0.15) is 0 Å². The molecular weight excluding hydrogens is 428 g/mol. The number of carboxylic acid groups (broad SMARTS) is 1. The topological polar surface area (TPSA) is 65.0 Å². The van der Waals surface area contributed by atoms with Crippen LogP contribution in [-0.2, 0) is 11.4 Å². The Bertz CT molecular complexity index is 1070. The fraction of sp³-hybridized carbons (Fsp3) is 0.345. The van der Waals surface area contributed by atoms with E-state index >= 15 is 0 Å². The number of aliphatic carboxylic acids is 1. The van der Waals surface area contributed by atoms with Crippen LogP contribution >= 0.6 is 0 Å².